The molecular formula is C29H27N5O5S. The fourth-order valence-electron chi connectivity index (χ4n) is 5.15. The molecule has 1 N–H and O–H groups in total. The number of fused-ring (bicyclic) bond motifs is 3. The highest BCUT2D eigenvalue weighted by Gasteiger charge is 2.28. The van der Waals surface area contributed by atoms with E-state index in [1.165, 1.54) is 24.5 Å². The van der Waals surface area contributed by atoms with E-state index in [9.17, 15) is 13.2 Å². The number of aromatic nitrogens is 3. The molecule has 204 valence electrons. The second-order valence-electron chi connectivity index (χ2n) is 10.3. The Morgan fingerprint density at radius 1 is 1.02 bits per heavy atom. The van der Waals surface area contributed by atoms with E-state index < -0.39 is 9.84 Å². The van der Waals surface area contributed by atoms with Crippen molar-refractivity contribution in [2.45, 2.75) is 36.8 Å². The lowest BCUT2D eigenvalue weighted by atomic mass is 10.1. The van der Waals surface area contributed by atoms with Crippen LogP contribution in [0.4, 0.5) is 11.5 Å². The molecule has 0 atom stereocenters. The molecular weight excluding hydrogens is 530 g/mol. The number of carbonyl (C=O) groups is 1. The topological polar surface area (TPSA) is 124 Å². The second-order valence-corrected chi connectivity index (χ2v) is 12.4. The molecule has 0 radical (unpaired) electrons. The summed E-state index contributed by atoms with van der Waals surface area (Å²) in [6, 6.07) is 10.7. The average molecular weight is 558 g/mol. The molecule has 1 amide bonds. The quantitative estimate of drug-likeness (QED) is 0.391. The highest BCUT2D eigenvalue weighted by molar-refractivity contribution is 7.91. The Morgan fingerprint density at radius 2 is 1.93 bits per heavy atom. The van der Waals surface area contributed by atoms with Crippen LogP contribution in [0.15, 0.2) is 59.9 Å². The summed E-state index contributed by atoms with van der Waals surface area (Å²) in [5, 5.41) is 3.74. The summed E-state index contributed by atoms with van der Waals surface area (Å²) >= 11 is 0. The molecule has 0 saturated heterocycles. The van der Waals surface area contributed by atoms with E-state index >= 15 is 0 Å². The number of nitrogens with zero attached hydrogens (tertiary/aromatic N) is 4. The van der Waals surface area contributed by atoms with Crippen LogP contribution in [-0.2, 0) is 27.7 Å². The van der Waals surface area contributed by atoms with Gasteiger partial charge in [-0.2, -0.15) is 0 Å². The molecule has 10 nitrogen and oxygen atoms in total. The van der Waals surface area contributed by atoms with E-state index in [0.29, 0.717) is 30.3 Å². The third kappa shape index (κ3) is 4.75. The lowest BCUT2D eigenvalue weighted by Crippen LogP contribution is -2.29. The first-order valence-electron chi connectivity index (χ1n) is 13.3. The van der Waals surface area contributed by atoms with Crippen molar-refractivity contribution in [2.75, 3.05) is 30.4 Å². The van der Waals surface area contributed by atoms with Gasteiger partial charge in [-0.05, 0) is 60.2 Å². The van der Waals surface area contributed by atoms with E-state index in [1.807, 2.05) is 24.5 Å². The van der Waals surface area contributed by atoms with Gasteiger partial charge in [-0.3, -0.25) is 14.8 Å². The highest BCUT2D eigenvalue weighted by Crippen LogP contribution is 2.43. The lowest BCUT2D eigenvalue weighted by molar-refractivity contribution is 0.0950. The first kappa shape index (κ1) is 24.9. The van der Waals surface area contributed by atoms with E-state index in [0.717, 1.165) is 28.2 Å². The van der Waals surface area contributed by atoms with Crippen molar-refractivity contribution in [1.82, 2.24) is 20.3 Å². The summed E-state index contributed by atoms with van der Waals surface area (Å²) < 4.78 is 36.5. The molecule has 1 saturated carbocycles. The maximum Gasteiger partial charge on any atom is 0.251 e. The Morgan fingerprint density at radius 3 is 2.80 bits per heavy atom. The van der Waals surface area contributed by atoms with Gasteiger partial charge in [0, 0.05) is 17.1 Å². The van der Waals surface area contributed by atoms with Crippen LogP contribution < -0.4 is 15.0 Å². The lowest BCUT2D eigenvalue weighted by Gasteiger charge is -2.30. The summed E-state index contributed by atoms with van der Waals surface area (Å²) in [7, 11) is -3.50. The molecule has 0 spiro atoms. The third-order valence-electron chi connectivity index (χ3n) is 7.50. The minimum Gasteiger partial charge on any atom is -0.488 e. The highest BCUT2D eigenvalue weighted by atomic mass is 32.2. The van der Waals surface area contributed by atoms with Crippen LogP contribution >= 0.6 is 0 Å². The first-order valence-corrected chi connectivity index (χ1v) is 15.0. The van der Waals surface area contributed by atoms with Crippen molar-refractivity contribution in [3.8, 4) is 5.75 Å². The van der Waals surface area contributed by atoms with Crippen LogP contribution in [-0.4, -0.2) is 54.8 Å². The van der Waals surface area contributed by atoms with Gasteiger partial charge in [0.1, 0.15) is 6.61 Å². The minimum absolute atomic E-state index is 0.101. The largest absolute Gasteiger partial charge is 0.488 e. The number of pyridine rings is 3. The molecule has 4 aromatic rings. The molecule has 0 bridgehead atoms. The molecule has 40 heavy (non-hydrogen) atoms. The van der Waals surface area contributed by atoms with Crippen LogP contribution in [0.5, 0.6) is 5.75 Å². The summed E-state index contributed by atoms with van der Waals surface area (Å²) in [5.74, 6) is 1.71. The van der Waals surface area contributed by atoms with Gasteiger partial charge in [0.05, 0.1) is 66.2 Å². The Bertz CT molecular complexity index is 1760. The predicted octanol–water partition coefficient (Wildman–Crippen LogP) is 3.67. The zero-order chi connectivity index (χ0) is 27.3. The van der Waals surface area contributed by atoms with Gasteiger partial charge in [-0.25, -0.2) is 13.4 Å². The van der Waals surface area contributed by atoms with Gasteiger partial charge in [0.2, 0.25) is 0 Å². The fraction of sp³-hybridized carbons (Fsp3) is 0.310. The number of anilines is 2. The van der Waals surface area contributed by atoms with Crippen molar-refractivity contribution >= 4 is 38.2 Å². The smallest absolute Gasteiger partial charge is 0.251 e. The van der Waals surface area contributed by atoms with E-state index in [-0.39, 0.29) is 41.9 Å². The fourth-order valence-corrected chi connectivity index (χ4v) is 6.54. The van der Waals surface area contributed by atoms with E-state index in [1.54, 1.807) is 18.3 Å². The van der Waals surface area contributed by atoms with Crippen molar-refractivity contribution < 1.29 is 22.7 Å². The number of rotatable bonds is 5. The molecule has 11 heteroatoms. The van der Waals surface area contributed by atoms with Gasteiger partial charge >= 0.3 is 0 Å². The molecule has 1 aromatic carbocycles. The maximum atomic E-state index is 12.9. The molecule has 7 rings (SSSR count). The van der Waals surface area contributed by atoms with Gasteiger partial charge in [0.25, 0.3) is 5.91 Å². The standard InChI is InChI=1S/C29H27N5O5S/c35-29(19-3-4-20-17-38-7-8-40(36,37)27(20)12-19)33-14-23-9-21-10-24(15-31-25(21)16-30-23)34-5-6-39-26-11-22(18-1-2-18)13-32-28(26)34/h3-4,9-13,15-16,18H,1-2,5-8,14,17H2,(H,33,35). The van der Waals surface area contributed by atoms with Gasteiger partial charge in [-0.15, -0.1) is 0 Å². The minimum atomic E-state index is -3.50. The van der Waals surface area contributed by atoms with Crippen LogP contribution in [0.25, 0.3) is 10.9 Å². The molecule has 5 heterocycles. The first-order chi connectivity index (χ1) is 19.4. The Hall–Kier alpha value is -4.09. The number of benzene rings is 1. The number of ether oxygens (including phenoxy) is 2. The average Bonchev–Trinajstić information content (AvgIpc) is 3.84. The van der Waals surface area contributed by atoms with E-state index in [2.05, 4.69) is 26.3 Å². The summed E-state index contributed by atoms with van der Waals surface area (Å²) in [6.45, 7) is 1.75. The van der Waals surface area contributed by atoms with Crippen molar-refractivity contribution in [3.05, 3.63) is 77.4 Å². The SMILES string of the molecule is O=C(NCc1cc2cc(N3CCOc4cc(C5CC5)cnc43)cnc2cn1)c1ccc2c(c1)S(=O)(=O)CCOC2. The van der Waals surface area contributed by atoms with Gasteiger partial charge in [0.15, 0.2) is 21.4 Å². The number of amides is 1. The summed E-state index contributed by atoms with van der Waals surface area (Å²) in [4.78, 5) is 29.0. The second kappa shape index (κ2) is 9.83. The molecule has 3 aromatic heterocycles. The van der Waals surface area contributed by atoms with Crippen LogP contribution in [0, 0.1) is 0 Å². The number of carbonyl (C=O) groups excluding carboxylic acids is 1. The number of sulfone groups is 1. The number of nitrogens with one attached hydrogen (secondary N) is 1. The Labute approximate surface area is 231 Å². The van der Waals surface area contributed by atoms with Gasteiger partial charge in [-0.1, -0.05) is 6.07 Å². The predicted molar refractivity (Wildman–Crippen MR) is 148 cm³/mol. The van der Waals surface area contributed by atoms with Crippen molar-refractivity contribution in [2.24, 2.45) is 0 Å². The molecule has 2 aliphatic heterocycles. The van der Waals surface area contributed by atoms with Crippen molar-refractivity contribution in [3.63, 3.8) is 0 Å². The maximum absolute atomic E-state index is 12.9. The summed E-state index contributed by atoms with van der Waals surface area (Å²) in [5.41, 5.74) is 4.37. The van der Waals surface area contributed by atoms with Crippen molar-refractivity contribution in [1.29, 1.82) is 0 Å². The monoisotopic (exact) mass is 557 g/mol. The molecule has 3 aliphatic rings. The zero-order valence-electron chi connectivity index (χ0n) is 21.7. The number of hydrogen-bond acceptors (Lipinski definition) is 9. The molecule has 0 unspecified atom stereocenters. The summed E-state index contributed by atoms with van der Waals surface area (Å²) in [6.07, 6.45) is 7.86. The Kier molecular flexibility index (Phi) is 6.12. The van der Waals surface area contributed by atoms with Crippen LogP contribution in [0.3, 0.4) is 0 Å². The zero-order valence-corrected chi connectivity index (χ0v) is 22.5. The van der Waals surface area contributed by atoms with Crippen LogP contribution in [0.2, 0.25) is 0 Å². The van der Waals surface area contributed by atoms with Gasteiger partial charge < -0.3 is 19.7 Å². The Balaban J connectivity index is 1.10. The number of hydrogen-bond donors (Lipinski definition) is 1. The molecule has 1 aliphatic carbocycles. The van der Waals surface area contributed by atoms with Crippen LogP contribution in [0.1, 0.15) is 45.9 Å². The van der Waals surface area contributed by atoms with E-state index in [4.69, 9.17) is 14.5 Å². The normalized spacial score (nSPS) is 17.9. The molecule has 1 fully saturated rings. The third-order valence-corrected chi connectivity index (χ3v) is 9.26.